The number of nitrogens with two attached hydrogens (primary N) is 1. The Morgan fingerprint density at radius 2 is 1.95 bits per heavy atom. The van der Waals surface area contributed by atoms with Crippen molar-refractivity contribution >= 4 is 21.4 Å². The van der Waals surface area contributed by atoms with Crippen LogP contribution in [0.5, 0.6) is 0 Å². The number of nitrogens with one attached hydrogen (secondary N) is 1. The third kappa shape index (κ3) is 4.35. The predicted octanol–water partition coefficient (Wildman–Crippen LogP) is 1.41. The fourth-order valence-electron chi connectivity index (χ4n) is 1.31. The van der Waals surface area contributed by atoms with E-state index in [1.165, 1.54) is 0 Å². The number of benzene rings is 1. The summed E-state index contributed by atoms with van der Waals surface area (Å²) in [5, 5.41) is 10.7. The number of anilines is 1. The molecule has 0 bridgehead atoms. The van der Waals surface area contributed by atoms with Gasteiger partial charge in [-0.1, -0.05) is 0 Å². The van der Waals surface area contributed by atoms with Gasteiger partial charge in [0.1, 0.15) is 0 Å². The van der Waals surface area contributed by atoms with Crippen molar-refractivity contribution in [3.8, 4) is 0 Å². The minimum absolute atomic E-state index is 0.0362. The van der Waals surface area contributed by atoms with Crippen LogP contribution in [0.4, 0.5) is 24.5 Å². The summed E-state index contributed by atoms with van der Waals surface area (Å²) < 4.78 is 60.9. The topological polar surface area (TPSA) is 115 Å². The predicted molar refractivity (Wildman–Crippen MR) is 63.4 cm³/mol. The van der Waals surface area contributed by atoms with Gasteiger partial charge in [0.2, 0.25) is 10.0 Å². The number of hydrogen-bond acceptors (Lipinski definition) is 5. The molecule has 0 aliphatic heterocycles. The number of hydrogen-bond donors (Lipinski definition) is 2. The van der Waals surface area contributed by atoms with E-state index in [1.54, 1.807) is 4.72 Å². The van der Waals surface area contributed by atoms with Crippen LogP contribution in [0, 0.1) is 10.1 Å². The summed E-state index contributed by atoms with van der Waals surface area (Å²) in [4.78, 5) is 9.02. The fraction of sp³-hybridized carbons (Fsp3) is 0.333. The molecular weight excluding hydrogens is 303 g/mol. The highest BCUT2D eigenvalue weighted by Gasteiger charge is 2.30. The Morgan fingerprint density at radius 3 is 2.45 bits per heavy atom. The molecule has 0 saturated carbocycles. The van der Waals surface area contributed by atoms with Crippen molar-refractivity contribution in [3.05, 3.63) is 28.3 Å². The van der Waals surface area contributed by atoms with E-state index in [0.717, 1.165) is 18.2 Å². The summed E-state index contributed by atoms with van der Waals surface area (Å²) in [6, 6.07) is 2.78. The molecule has 112 valence electrons. The molecule has 0 radical (unpaired) electrons. The molecule has 0 aromatic heterocycles. The Morgan fingerprint density at radius 1 is 1.35 bits per heavy atom. The highest BCUT2D eigenvalue weighted by atomic mass is 32.2. The van der Waals surface area contributed by atoms with Crippen molar-refractivity contribution < 1.29 is 26.5 Å². The van der Waals surface area contributed by atoms with E-state index in [1.807, 2.05) is 0 Å². The summed E-state index contributed by atoms with van der Waals surface area (Å²) >= 11 is 0. The summed E-state index contributed by atoms with van der Waals surface area (Å²) in [7, 11) is -4.42. The van der Waals surface area contributed by atoms with Gasteiger partial charge >= 0.3 is 6.18 Å². The third-order valence-electron chi connectivity index (χ3n) is 2.17. The lowest BCUT2D eigenvalue weighted by atomic mass is 10.3. The summed E-state index contributed by atoms with van der Waals surface area (Å²) in [5.74, 6) is 0. The van der Waals surface area contributed by atoms with Crippen LogP contribution in [0.2, 0.25) is 0 Å². The molecule has 0 heterocycles. The molecule has 3 N–H and O–H groups in total. The zero-order valence-electron chi connectivity index (χ0n) is 9.85. The number of halogens is 3. The Balaban J connectivity index is 3.01. The third-order valence-corrected chi connectivity index (χ3v) is 3.68. The molecule has 0 atom stereocenters. The number of nitrogen functional groups attached to an aromatic ring is 1. The Labute approximate surface area is 111 Å². The van der Waals surface area contributed by atoms with Gasteiger partial charge in [0.25, 0.3) is 5.69 Å². The molecule has 0 amide bonds. The lowest BCUT2D eigenvalue weighted by molar-refractivity contribution is -0.387. The van der Waals surface area contributed by atoms with Gasteiger partial charge in [-0.2, -0.15) is 13.2 Å². The number of rotatable bonds is 5. The van der Waals surface area contributed by atoms with E-state index in [-0.39, 0.29) is 5.69 Å². The van der Waals surface area contributed by atoms with Crippen LogP contribution < -0.4 is 10.5 Å². The maximum absolute atomic E-state index is 11.9. The smallest absolute Gasteiger partial charge is 0.390 e. The number of sulfonamides is 1. The molecular formula is C9H10F3N3O4S. The minimum atomic E-state index is -4.53. The average Bonchev–Trinajstić information content (AvgIpc) is 2.26. The first-order chi connectivity index (χ1) is 9.03. The van der Waals surface area contributed by atoms with E-state index in [2.05, 4.69) is 0 Å². The highest BCUT2D eigenvalue weighted by molar-refractivity contribution is 7.89. The Kier molecular flexibility index (Phi) is 4.55. The summed E-state index contributed by atoms with van der Waals surface area (Å²) in [6.07, 6.45) is -5.91. The maximum atomic E-state index is 11.9. The van der Waals surface area contributed by atoms with E-state index >= 15 is 0 Å². The molecule has 1 aromatic carbocycles. The van der Waals surface area contributed by atoms with E-state index in [0.29, 0.717) is 0 Å². The van der Waals surface area contributed by atoms with Crippen molar-refractivity contribution in [1.82, 2.24) is 4.72 Å². The van der Waals surface area contributed by atoms with Gasteiger partial charge in [0.05, 0.1) is 11.3 Å². The van der Waals surface area contributed by atoms with Crippen LogP contribution in [0.25, 0.3) is 0 Å². The maximum Gasteiger partial charge on any atom is 0.390 e. The monoisotopic (exact) mass is 313 g/mol. The first-order valence-corrected chi connectivity index (χ1v) is 6.61. The van der Waals surface area contributed by atoms with Crippen LogP contribution in [0.15, 0.2) is 23.1 Å². The average molecular weight is 313 g/mol. The molecule has 7 nitrogen and oxygen atoms in total. The number of nitro benzene ring substituents is 1. The minimum Gasteiger partial charge on any atom is -0.399 e. The van der Waals surface area contributed by atoms with Crippen LogP contribution in [-0.4, -0.2) is 26.1 Å². The normalized spacial score (nSPS) is 12.3. The molecule has 0 fully saturated rings. The van der Waals surface area contributed by atoms with Crippen molar-refractivity contribution in [2.45, 2.75) is 17.5 Å². The van der Waals surface area contributed by atoms with Gasteiger partial charge in [-0.25, -0.2) is 13.1 Å². The quantitative estimate of drug-likeness (QED) is 0.484. The van der Waals surface area contributed by atoms with Crippen molar-refractivity contribution in [2.75, 3.05) is 12.3 Å². The second kappa shape index (κ2) is 5.63. The lowest BCUT2D eigenvalue weighted by Gasteiger charge is -2.09. The van der Waals surface area contributed by atoms with Gasteiger partial charge in [-0.05, 0) is 12.1 Å². The first kappa shape index (κ1) is 16.2. The molecule has 1 aromatic rings. The molecule has 11 heteroatoms. The molecule has 0 saturated heterocycles. The number of alkyl halides is 3. The molecule has 0 unspecified atom stereocenters. The van der Waals surface area contributed by atoms with Crippen molar-refractivity contribution in [1.29, 1.82) is 0 Å². The van der Waals surface area contributed by atoms with Gasteiger partial charge in [0, 0.05) is 18.3 Å². The van der Waals surface area contributed by atoms with Gasteiger partial charge in [0.15, 0.2) is 4.90 Å². The number of nitrogens with zero attached hydrogens (tertiary/aromatic N) is 1. The van der Waals surface area contributed by atoms with Crippen molar-refractivity contribution in [3.63, 3.8) is 0 Å². The fourth-order valence-corrected chi connectivity index (χ4v) is 2.49. The standard InChI is InChI=1S/C9H10F3N3O4S/c10-9(11,12)3-4-14-20(18,19)8-2-1-6(13)5-7(8)15(16)17/h1-2,5,14H,3-4,13H2. The van der Waals surface area contributed by atoms with E-state index < -0.39 is 44.7 Å². The van der Waals surface area contributed by atoms with Crippen LogP contribution in [0.3, 0.4) is 0 Å². The Hall–Kier alpha value is -1.88. The van der Waals surface area contributed by atoms with E-state index in [9.17, 15) is 31.7 Å². The molecule has 1 rings (SSSR count). The van der Waals surface area contributed by atoms with Crippen LogP contribution in [-0.2, 0) is 10.0 Å². The first-order valence-electron chi connectivity index (χ1n) is 5.13. The SMILES string of the molecule is Nc1ccc(S(=O)(=O)NCCC(F)(F)F)c([N+](=O)[O-])c1. The Bertz CT molecular complexity index is 615. The van der Waals surface area contributed by atoms with Gasteiger partial charge in [-0.3, -0.25) is 10.1 Å². The summed E-state index contributed by atoms with van der Waals surface area (Å²) in [5.41, 5.74) is 4.46. The van der Waals surface area contributed by atoms with Crippen molar-refractivity contribution in [2.24, 2.45) is 0 Å². The zero-order valence-corrected chi connectivity index (χ0v) is 10.7. The second-order valence-corrected chi connectivity index (χ2v) is 5.48. The molecule has 20 heavy (non-hydrogen) atoms. The van der Waals surface area contributed by atoms with Crippen LogP contribution in [0.1, 0.15) is 6.42 Å². The number of nitro groups is 1. The van der Waals surface area contributed by atoms with Crippen LogP contribution >= 0.6 is 0 Å². The molecule has 0 aliphatic carbocycles. The van der Waals surface area contributed by atoms with Gasteiger partial charge in [-0.15, -0.1) is 0 Å². The van der Waals surface area contributed by atoms with Gasteiger partial charge < -0.3 is 5.73 Å². The largest absolute Gasteiger partial charge is 0.399 e. The molecule has 0 spiro atoms. The molecule has 0 aliphatic rings. The van der Waals surface area contributed by atoms with E-state index in [4.69, 9.17) is 5.73 Å². The zero-order chi connectivity index (χ0) is 15.6. The highest BCUT2D eigenvalue weighted by Crippen LogP contribution is 2.26. The second-order valence-electron chi connectivity index (χ2n) is 3.75. The summed E-state index contributed by atoms with van der Waals surface area (Å²) in [6.45, 7) is -0.909. The lowest BCUT2D eigenvalue weighted by Crippen LogP contribution is -2.28.